The van der Waals surface area contributed by atoms with Crippen molar-refractivity contribution >= 4 is 29.3 Å². The molecule has 2 rings (SSSR count). The first-order valence-corrected chi connectivity index (χ1v) is 8.09. The summed E-state index contributed by atoms with van der Waals surface area (Å²) in [6.45, 7) is 0.146. The van der Waals surface area contributed by atoms with Crippen molar-refractivity contribution in [2.75, 3.05) is 6.54 Å². The van der Waals surface area contributed by atoms with Gasteiger partial charge in [0, 0.05) is 17.6 Å². The lowest BCUT2D eigenvalue weighted by Gasteiger charge is -2.11. The molecule has 0 saturated heterocycles. The van der Waals surface area contributed by atoms with E-state index in [0.29, 0.717) is 16.3 Å². The van der Waals surface area contributed by atoms with Gasteiger partial charge in [0.1, 0.15) is 5.76 Å². The minimum Gasteiger partial charge on any atom is -0.468 e. The first-order chi connectivity index (χ1) is 10.6. The Bertz CT molecular complexity index is 611. The molecule has 22 heavy (non-hydrogen) atoms. The van der Waals surface area contributed by atoms with Crippen LogP contribution in [0.3, 0.4) is 0 Å². The van der Waals surface area contributed by atoms with Crippen molar-refractivity contribution in [3.63, 3.8) is 0 Å². The van der Waals surface area contributed by atoms with Gasteiger partial charge in [-0.05, 0) is 35.2 Å². The van der Waals surface area contributed by atoms with E-state index in [1.165, 1.54) is 17.8 Å². The van der Waals surface area contributed by atoms with Crippen LogP contribution in [0.1, 0.15) is 17.4 Å². The smallest absolute Gasteiger partial charge is 0.244 e. The van der Waals surface area contributed by atoms with Gasteiger partial charge < -0.3 is 14.8 Å². The zero-order valence-corrected chi connectivity index (χ0v) is 13.3. The molecule has 0 aliphatic carbocycles. The number of thioether (sulfide) groups is 1. The third-order valence-corrected chi connectivity index (χ3v) is 3.88. The molecule has 1 heterocycles. The maximum atomic E-state index is 11.6. The molecule has 0 saturated carbocycles. The number of hydrogen-bond donors (Lipinski definition) is 2. The lowest BCUT2D eigenvalue weighted by molar-refractivity contribution is -0.116. The summed E-state index contributed by atoms with van der Waals surface area (Å²) in [6, 6.07) is 10.6. The molecule has 1 unspecified atom stereocenters. The molecule has 0 bridgehead atoms. The Morgan fingerprint density at radius 3 is 2.82 bits per heavy atom. The number of nitrogens with one attached hydrogen (secondary N) is 1. The molecule has 4 nitrogen and oxygen atoms in total. The summed E-state index contributed by atoms with van der Waals surface area (Å²) in [5.41, 5.74) is 0.709. The maximum Gasteiger partial charge on any atom is 0.244 e. The van der Waals surface area contributed by atoms with Gasteiger partial charge in [-0.1, -0.05) is 23.7 Å². The minimum absolute atomic E-state index is 0.146. The molecule has 116 valence electrons. The molecule has 1 aromatic heterocycles. The fourth-order valence-electron chi connectivity index (χ4n) is 1.69. The Kier molecular flexibility index (Phi) is 6.58. The van der Waals surface area contributed by atoms with Gasteiger partial charge in [-0.2, -0.15) is 0 Å². The van der Waals surface area contributed by atoms with Crippen LogP contribution in [0.2, 0.25) is 5.02 Å². The van der Waals surface area contributed by atoms with E-state index in [4.69, 9.17) is 16.0 Å². The maximum absolute atomic E-state index is 11.6. The molecule has 2 N–H and O–H groups in total. The molecule has 2 aromatic rings. The number of furan rings is 1. The van der Waals surface area contributed by atoms with Gasteiger partial charge in [-0.3, -0.25) is 4.79 Å². The van der Waals surface area contributed by atoms with Crippen LogP contribution in [-0.2, 0) is 10.5 Å². The second kappa shape index (κ2) is 8.68. The molecule has 1 aromatic carbocycles. The largest absolute Gasteiger partial charge is 0.468 e. The summed E-state index contributed by atoms with van der Waals surface area (Å²) < 4.78 is 5.18. The van der Waals surface area contributed by atoms with Crippen molar-refractivity contribution in [1.29, 1.82) is 0 Å². The zero-order chi connectivity index (χ0) is 15.8. The number of rotatable bonds is 7. The lowest BCUT2D eigenvalue weighted by Crippen LogP contribution is -2.26. The Morgan fingerprint density at radius 2 is 2.14 bits per heavy atom. The number of hydrogen-bond acceptors (Lipinski definition) is 4. The predicted octanol–water partition coefficient (Wildman–Crippen LogP) is 3.53. The van der Waals surface area contributed by atoms with E-state index >= 15 is 0 Å². The summed E-state index contributed by atoms with van der Waals surface area (Å²) in [5.74, 6) is 1.28. The van der Waals surface area contributed by atoms with Crippen molar-refractivity contribution in [3.05, 3.63) is 70.5 Å². The molecule has 0 fully saturated rings. The first-order valence-electron chi connectivity index (χ1n) is 6.67. The average molecular weight is 338 g/mol. The van der Waals surface area contributed by atoms with Gasteiger partial charge in [0.05, 0.1) is 18.1 Å². The Labute approximate surface area is 138 Å². The molecule has 0 spiro atoms. The minimum atomic E-state index is -0.759. The molecular formula is C16H16ClNO3S. The van der Waals surface area contributed by atoms with Crippen LogP contribution in [0.4, 0.5) is 0 Å². The highest BCUT2D eigenvalue weighted by molar-refractivity contribution is 8.01. The predicted molar refractivity (Wildman–Crippen MR) is 88.6 cm³/mol. The summed E-state index contributed by atoms with van der Waals surface area (Å²) in [5, 5.41) is 14.9. The van der Waals surface area contributed by atoms with E-state index in [-0.39, 0.29) is 12.5 Å². The van der Waals surface area contributed by atoms with E-state index in [0.717, 1.165) is 5.76 Å². The molecule has 1 atom stereocenters. The van der Waals surface area contributed by atoms with Crippen molar-refractivity contribution in [2.24, 2.45) is 0 Å². The van der Waals surface area contributed by atoms with E-state index in [1.807, 2.05) is 12.1 Å². The summed E-state index contributed by atoms with van der Waals surface area (Å²) in [7, 11) is 0. The number of carbonyl (C=O) groups is 1. The van der Waals surface area contributed by atoms with Crippen LogP contribution in [0, 0.1) is 0 Å². The monoisotopic (exact) mass is 337 g/mol. The van der Waals surface area contributed by atoms with Gasteiger partial charge in [-0.15, -0.1) is 11.8 Å². The Morgan fingerprint density at radius 1 is 1.36 bits per heavy atom. The molecule has 0 radical (unpaired) electrons. The standard InChI is InChI=1S/C16H16ClNO3S/c17-13-5-3-12(4-6-13)15(19)10-18-16(20)7-9-22-11-14-2-1-8-21-14/h1-9,15,19H,10-11H2,(H,18,20)/b9-7+. The number of halogens is 1. The van der Waals surface area contributed by atoms with Gasteiger partial charge in [0.2, 0.25) is 5.91 Å². The second-order valence-electron chi connectivity index (χ2n) is 4.51. The number of amides is 1. The average Bonchev–Trinajstić information content (AvgIpc) is 3.03. The fraction of sp³-hybridized carbons (Fsp3) is 0.188. The zero-order valence-electron chi connectivity index (χ0n) is 11.7. The first kappa shape index (κ1) is 16.7. The highest BCUT2D eigenvalue weighted by atomic mass is 35.5. The van der Waals surface area contributed by atoms with E-state index in [1.54, 1.807) is 35.9 Å². The van der Waals surface area contributed by atoms with Crippen molar-refractivity contribution in [3.8, 4) is 0 Å². The van der Waals surface area contributed by atoms with Crippen molar-refractivity contribution < 1.29 is 14.3 Å². The van der Waals surface area contributed by atoms with Gasteiger partial charge in [0.15, 0.2) is 0 Å². The quantitative estimate of drug-likeness (QED) is 0.759. The summed E-state index contributed by atoms with van der Waals surface area (Å²) >= 11 is 7.24. The molecule has 1 amide bonds. The lowest BCUT2D eigenvalue weighted by atomic mass is 10.1. The van der Waals surface area contributed by atoms with Crippen molar-refractivity contribution in [1.82, 2.24) is 5.32 Å². The van der Waals surface area contributed by atoms with E-state index in [9.17, 15) is 9.90 Å². The van der Waals surface area contributed by atoms with Gasteiger partial charge in [0.25, 0.3) is 0 Å². The van der Waals surface area contributed by atoms with E-state index < -0.39 is 6.10 Å². The normalized spacial score (nSPS) is 12.5. The fourth-order valence-corrected chi connectivity index (χ4v) is 2.46. The van der Waals surface area contributed by atoms with Crippen LogP contribution < -0.4 is 5.32 Å². The number of aliphatic hydroxyl groups excluding tert-OH is 1. The third kappa shape index (κ3) is 5.60. The number of aliphatic hydroxyl groups is 1. The van der Waals surface area contributed by atoms with Crippen LogP contribution >= 0.6 is 23.4 Å². The Balaban J connectivity index is 1.69. The topological polar surface area (TPSA) is 62.5 Å². The van der Waals surface area contributed by atoms with Gasteiger partial charge >= 0.3 is 0 Å². The molecule has 0 aliphatic heterocycles. The van der Waals surface area contributed by atoms with Crippen LogP contribution in [-0.4, -0.2) is 17.6 Å². The Hall–Kier alpha value is -1.69. The molecular weight excluding hydrogens is 322 g/mol. The summed E-state index contributed by atoms with van der Waals surface area (Å²) in [4.78, 5) is 11.6. The number of carbonyl (C=O) groups excluding carboxylic acids is 1. The summed E-state index contributed by atoms with van der Waals surface area (Å²) in [6.07, 6.45) is 2.29. The van der Waals surface area contributed by atoms with Crippen LogP contribution in [0.15, 0.2) is 58.6 Å². The van der Waals surface area contributed by atoms with Crippen LogP contribution in [0.25, 0.3) is 0 Å². The van der Waals surface area contributed by atoms with Crippen LogP contribution in [0.5, 0.6) is 0 Å². The van der Waals surface area contributed by atoms with E-state index in [2.05, 4.69) is 5.32 Å². The SMILES string of the molecule is O=C(/C=C/SCc1ccco1)NCC(O)c1ccc(Cl)cc1. The molecule has 0 aliphatic rings. The highest BCUT2D eigenvalue weighted by Crippen LogP contribution is 2.16. The third-order valence-electron chi connectivity index (χ3n) is 2.85. The van der Waals surface area contributed by atoms with Crippen molar-refractivity contribution in [2.45, 2.75) is 11.9 Å². The second-order valence-corrected chi connectivity index (χ2v) is 5.84. The van der Waals surface area contributed by atoms with Gasteiger partial charge in [-0.25, -0.2) is 0 Å². The number of benzene rings is 1. The molecule has 6 heteroatoms. The highest BCUT2D eigenvalue weighted by Gasteiger charge is 2.08.